The van der Waals surface area contributed by atoms with E-state index in [2.05, 4.69) is 50.4 Å². The Balaban J connectivity index is 2.64. The van der Waals surface area contributed by atoms with Crippen LogP contribution in [0.4, 0.5) is 0 Å². The van der Waals surface area contributed by atoms with E-state index in [1.54, 1.807) is 0 Å². The average Bonchev–Trinajstić information content (AvgIpc) is 2.25. The van der Waals surface area contributed by atoms with Crippen molar-refractivity contribution in [3.05, 3.63) is 35.4 Å². The zero-order valence-electron chi connectivity index (χ0n) is 9.83. The standard InChI is InChI=1S/C13H21NO/c1-4-13(9-15)14-11(3)12-7-5-6-10(2)8-12/h5-8,11,13-15H,4,9H2,1-3H3/t11?,13-/m0/s1. The average molecular weight is 207 g/mol. The molecule has 1 aromatic carbocycles. The molecule has 0 spiro atoms. The summed E-state index contributed by atoms with van der Waals surface area (Å²) < 4.78 is 0. The van der Waals surface area contributed by atoms with Crippen molar-refractivity contribution in [3.8, 4) is 0 Å². The van der Waals surface area contributed by atoms with Crippen LogP contribution in [0.5, 0.6) is 0 Å². The molecule has 0 aliphatic rings. The fourth-order valence-electron chi connectivity index (χ4n) is 1.69. The summed E-state index contributed by atoms with van der Waals surface area (Å²) in [6, 6.07) is 8.96. The van der Waals surface area contributed by atoms with Crippen LogP contribution in [0.25, 0.3) is 0 Å². The van der Waals surface area contributed by atoms with Crippen LogP contribution >= 0.6 is 0 Å². The second-order valence-electron chi connectivity index (χ2n) is 4.09. The third-order valence-corrected chi connectivity index (χ3v) is 2.74. The van der Waals surface area contributed by atoms with Gasteiger partial charge in [-0.05, 0) is 25.8 Å². The molecule has 2 heteroatoms. The molecule has 2 N–H and O–H groups in total. The molecule has 2 nitrogen and oxygen atoms in total. The summed E-state index contributed by atoms with van der Waals surface area (Å²) in [6.07, 6.45) is 0.951. The van der Waals surface area contributed by atoms with E-state index < -0.39 is 0 Å². The number of benzene rings is 1. The molecule has 0 aliphatic carbocycles. The van der Waals surface area contributed by atoms with Crippen LogP contribution in [0.1, 0.15) is 37.4 Å². The highest BCUT2D eigenvalue weighted by atomic mass is 16.3. The Morgan fingerprint density at radius 3 is 2.67 bits per heavy atom. The van der Waals surface area contributed by atoms with Gasteiger partial charge in [0.25, 0.3) is 0 Å². The van der Waals surface area contributed by atoms with Crippen molar-refractivity contribution >= 4 is 0 Å². The minimum atomic E-state index is 0.195. The van der Waals surface area contributed by atoms with Gasteiger partial charge >= 0.3 is 0 Å². The molecule has 0 aliphatic heterocycles. The van der Waals surface area contributed by atoms with E-state index in [4.69, 9.17) is 5.11 Å². The summed E-state index contributed by atoms with van der Waals surface area (Å²) in [5, 5.41) is 12.5. The summed E-state index contributed by atoms with van der Waals surface area (Å²) in [5.41, 5.74) is 2.56. The van der Waals surface area contributed by atoms with Crippen LogP contribution in [0.3, 0.4) is 0 Å². The molecule has 1 rings (SSSR count). The Morgan fingerprint density at radius 2 is 2.13 bits per heavy atom. The maximum atomic E-state index is 9.11. The van der Waals surface area contributed by atoms with Crippen molar-refractivity contribution in [2.75, 3.05) is 6.61 Å². The van der Waals surface area contributed by atoms with Gasteiger partial charge in [-0.25, -0.2) is 0 Å². The van der Waals surface area contributed by atoms with Crippen molar-refractivity contribution in [2.24, 2.45) is 0 Å². The zero-order chi connectivity index (χ0) is 11.3. The lowest BCUT2D eigenvalue weighted by molar-refractivity contribution is 0.230. The molecule has 0 saturated heterocycles. The summed E-state index contributed by atoms with van der Waals surface area (Å²) in [6.45, 7) is 6.51. The SMILES string of the molecule is CC[C@@H](CO)NC(C)c1cccc(C)c1. The summed E-state index contributed by atoms with van der Waals surface area (Å²) in [5.74, 6) is 0. The first kappa shape index (κ1) is 12.2. The van der Waals surface area contributed by atoms with Crippen LogP contribution in [-0.2, 0) is 0 Å². The Morgan fingerprint density at radius 1 is 1.40 bits per heavy atom. The first-order valence-corrected chi connectivity index (χ1v) is 5.60. The molecule has 0 radical (unpaired) electrons. The molecule has 1 aromatic rings. The van der Waals surface area contributed by atoms with Gasteiger partial charge < -0.3 is 10.4 Å². The first-order valence-electron chi connectivity index (χ1n) is 5.60. The third-order valence-electron chi connectivity index (χ3n) is 2.74. The molecular formula is C13H21NO. The van der Waals surface area contributed by atoms with Gasteiger partial charge in [0.15, 0.2) is 0 Å². The summed E-state index contributed by atoms with van der Waals surface area (Å²) in [4.78, 5) is 0. The highest BCUT2D eigenvalue weighted by Gasteiger charge is 2.10. The minimum Gasteiger partial charge on any atom is -0.395 e. The predicted molar refractivity (Wildman–Crippen MR) is 63.9 cm³/mol. The van der Waals surface area contributed by atoms with Crippen LogP contribution in [0, 0.1) is 6.92 Å². The van der Waals surface area contributed by atoms with Crippen LogP contribution in [0.15, 0.2) is 24.3 Å². The van der Waals surface area contributed by atoms with Crippen LogP contribution in [0.2, 0.25) is 0 Å². The Kier molecular flexibility index (Phi) is 4.79. The van der Waals surface area contributed by atoms with Gasteiger partial charge in [-0.15, -0.1) is 0 Å². The van der Waals surface area contributed by atoms with Crippen LogP contribution in [-0.4, -0.2) is 17.8 Å². The normalized spacial score (nSPS) is 14.9. The van der Waals surface area contributed by atoms with Crippen molar-refractivity contribution < 1.29 is 5.11 Å². The predicted octanol–water partition coefficient (Wildman–Crippen LogP) is 2.42. The number of hydrogen-bond acceptors (Lipinski definition) is 2. The second kappa shape index (κ2) is 5.89. The van der Waals surface area contributed by atoms with Crippen molar-refractivity contribution in [1.82, 2.24) is 5.32 Å². The fourth-order valence-corrected chi connectivity index (χ4v) is 1.69. The smallest absolute Gasteiger partial charge is 0.0584 e. The van der Waals surface area contributed by atoms with E-state index in [-0.39, 0.29) is 12.6 Å². The highest BCUT2D eigenvalue weighted by molar-refractivity contribution is 5.24. The highest BCUT2D eigenvalue weighted by Crippen LogP contribution is 2.14. The van der Waals surface area contributed by atoms with Gasteiger partial charge in [0.2, 0.25) is 0 Å². The van der Waals surface area contributed by atoms with Gasteiger partial charge in [-0.2, -0.15) is 0 Å². The number of nitrogens with one attached hydrogen (secondary N) is 1. The molecule has 0 saturated carbocycles. The maximum Gasteiger partial charge on any atom is 0.0584 e. The molecule has 0 fully saturated rings. The van der Waals surface area contributed by atoms with Gasteiger partial charge in [0.05, 0.1) is 6.61 Å². The number of rotatable bonds is 5. The van der Waals surface area contributed by atoms with Gasteiger partial charge in [-0.1, -0.05) is 36.8 Å². The molecule has 84 valence electrons. The van der Waals surface area contributed by atoms with E-state index in [0.29, 0.717) is 6.04 Å². The van der Waals surface area contributed by atoms with Crippen molar-refractivity contribution in [2.45, 2.75) is 39.3 Å². The Bertz CT molecular complexity index is 294. The molecule has 1 unspecified atom stereocenters. The van der Waals surface area contributed by atoms with E-state index in [9.17, 15) is 0 Å². The number of aliphatic hydroxyl groups excluding tert-OH is 1. The molecule has 0 bridgehead atoms. The largest absolute Gasteiger partial charge is 0.395 e. The lowest BCUT2D eigenvalue weighted by Gasteiger charge is -2.21. The van der Waals surface area contributed by atoms with Gasteiger partial charge in [0.1, 0.15) is 0 Å². The maximum absolute atomic E-state index is 9.11. The van der Waals surface area contributed by atoms with Crippen LogP contribution < -0.4 is 5.32 Å². The third kappa shape index (κ3) is 3.65. The minimum absolute atomic E-state index is 0.195. The van der Waals surface area contributed by atoms with E-state index in [0.717, 1.165) is 6.42 Å². The lowest BCUT2D eigenvalue weighted by Crippen LogP contribution is -2.33. The topological polar surface area (TPSA) is 32.3 Å². The number of aryl methyl sites for hydroxylation is 1. The summed E-state index contributed by atoms with van der Waals surface area (Å²) >= 11 is 0. The quantitative estimate of drug-likeness (QED) is 0.777. The van der Waals surface area contributed by atoms with Gasteiger partial charge in [-0.3, -0.25) is 0 Å². The summed E-state index contributed by atoms with van der Waals surface area (Å²) in [7, 11) is 0. The van der Waals surface area contributed by atoms with Crippen molar-refractivity contribution in [3.63, 3.8) is 0 Å². The second-order valence-corrected chi connectivity index (χ2v) is 4.09. The Hall–Kier alpha value is -0.860. The van der Waals surface area contributed by atoms with E-state index in [1.165, 1.54) is 11.1 Å². The van der Waals surface area contributed by atoms with E-state index >= 15 is 0 Å². The molecule has 0 amide bonds. The van der Waals surface area contributed by atoms with E-state index in [1.807, 2.05) is 0 Å². The molecule has 0 heterocycles. The Labute approximate surface area is 92.3 Å². The lowest BCUT2D eigenvalue weighted by atomic mass is 10.0. The molecule has 15 heavy (non-hydrogen) atoms. The fraction of sp³-hybridized carbons (Fsp3) is 0.538. The zero-order valence-corrected chi connectivity index (χ0v) is 9.83. The number of hydrogen-bond donors (Lipinski definition) is 2. The monoisotopic (exact) mass is 207 g/mol. The van der Waals surface area contributed by atoms with Crippen molar-refractivity contribution in [1.29, 1.82) is 0 Å². The van der Waals surface area contributed by atoms with Gasteiger partial charge in [0, 0.05) is 12.1 Å². The molecule has 2 atom stereocenters. The molecule has 0 aromatic heterocycles. The molecular weight excluding hydrogens is 186 g/mol. The first-order chi connectivity index (χ1) is 7.17. The number of aliphatic hydroxyl groups is 1.